The van der Waals surface area contributed by atoms with E-state index < -0.39 is 0 Å². The first kappa shape index (κ1) is 12.6. The summed E-state index contributed by atoms with van der Waals surface area (Å²) in [6.07, 6.45) is 4.62. The van der Waals surface area contributed by atoms with E-state index in [2.05, 4.69) is 12.0 Å². The molecule has 0 saturated carbocycles. The molecule has 0 aliphatic heterocycles. The van der Waals surface area contributed by atoms with E-state index in [4.69, 9.17) is 10.5 Å². The Labute approximate surface area is 107 Å². The fraction of sp³-hybridized carbons (Fsp3) is 0.357. The highest BCUT2D eigenvalue weighted by atomic mass is 16.5. The van der Waals surface area contributed by atoms with Crippen LogP contribution in [0.3, 0.4) is 0 Å². The van der Waals surface area contributed by atoms with Crippen molar-refractivity contribution >= 4 is 0 Å². The molecule has 0 aliphatic rings. The first-order chi connectivity index (χ1) is 8.76. The summed E-state index contributed by atoms with van der Waals surface area (Å²) in [5.74, 6) is 0.850. The quantitative estimate of drug-likeness (QED) is 0.878. The van der Waals surface area contributed by atoms with E-state index in [-0.39, 0.29) is 12.1 Å². The maximum Gasteiger partial charge on any atom is 0.118 e. The topological polar surface area (TPSA) is 53.1 Å². The van der Waals surface area contributed by atoms with Crippen molar-refractivity contribution in [1.82, 2.24) is 9.78 Å². The minimum Gasteiger partial charge on any atom is -0.497 e. The van der Waals surface area contributed by atoms with E-state index in [0.717, 1.165) is 17.7 Å². The smallest absolute Gasteiger partial charge is 0.118 e. The average Bonchev–Trinajstić information content (AvgIpc) is 2.93. The van der Waals surface area contributed by atoms with Gasteiger partial charge in [0.25, 0.3) is 0 Å². The van der Waals surface area contributed by atoms with Crippen LogP contribution in [0.15, 0.2) is 42.7 Å². The Bertz CT molecular complexity index is 464. The van der Waals surface area contributed by atoms with E-state index in [1.807, 2.05) is 41.2 Å². The van der Waals surface area contributed by atoms with Gasteiger partial charge in [0.15, 0.2) is 0 Å². The summed E-state index contributed by atoms with van der Waals surface area (Å²) in [5, 5.41) is 4.31. The Hall–Kier alpha value is -1.81. The Morgan fingerprint density at radius 2 is 2.06 bits per heavy atom. The van der Waals surface area contributed by atoms with Crippen molar-refractivity contribution in [2.75, 3.05) is 7.11 Å². The molecule has 0 saturated heterocycles. The zero-order chi connectivity index (χ0) is 13.0. The van der Waals surface area contributed by atoms with Gasteiger partial charge < -0.3 is 10.5 Å². The Morgan fingerprint density at radius 3 is 2.56 bits per heavy atom. The molecule has 4 nitrogen and oxygen atoms in total. The van der Waals surface area contributed by atoms with E-state index >= 15 is 0 Å². The summed E-state index contributed by atoms with van der Waals surface area (Å²) >= 11 is 0. The molecule has 0 amide bonds. The van der Waals surface area contributed by atoms with Gasteiger partial charge in [0.05, 0.1) is 13.2 Å². The minimum absolute atomic E-state index is 0.0401. The van der Waals surface area contributed by atoms with Gasteiger partial charge in [0.2, 0.25) is 0 Å². The molecule has 0 bridgehead atoms. The lowest BCUT2D eigenvalue weighted by Gasteiger charge is -2.24. The van der Waals surface area contributed by atoms with E-state index in [1.165, 1.54) is 0 Å². The summed E-state index contributed by atoms with van der Waals surface area (Å²) in [6.45, 7) is 2.09. The number of rotatable bonds is 5. The number of nitrogens with two attached hydrogens (primary N) is 1. The number of methoxy groups -OCH3 is 1. The predicted octanol–water partition coefficient (Wildman–Crippen LogP) is 2.22. The second-order valence-electron chi connectivity index (χ2n) is 4.28. The standard InChI is InChI=1S/C14H19N3O/c1-3-13(15)14(17-10-4-9-16-17)11-5-7-12(18-2)8-6-11/h4-10,13-14H,3,15H2,1-2H3. The van der Waals surface area contributed by atoms with Gasteiger partial charge in [0, 0.05) is 18.4 Å². The van der Waals surface area contributed by atoms with Gasteiger partial charge in [-0.25, -0.2) is 0 Å². The maximum atomic E-state index is 6.22. The van der Waals surface area contributed by atoms with Crippen molar-refractivity contribution in [1.29, 1.82) is 0 Å². The minimum atomic E-state index is 0.0401. The lowest BCUT2D eigenvalue weighted by molar-refractivity contribution is 0.410. The second kappa shape index (κ2) is 5.69. The first-order valence-corrected chi connectivity index (χ1v) is 6.15. The molecule has 0 spiro atoms. The Balaban J connectivity index is 2.33. The monoisotopic (exact) mass is 245 g/mol. The number of ether oxygens (including phenoxy) is 1. The number of hydrogen-bond donors (Lipinski definition) is 1. The Morgan fingerprint density at radius 1 is 1.33 bits per heavy atom. The molecule has 4 heteroatoms. The van der Waals surface area contributed by atoms with E-state index in [0.29, 0.717) is 0 Å². The molecule has 1 aromatic carbocycles. The van der Waals surface area contributed by atoms with Gasteiger partial charge in [0.1, 0.15) is 5.75 Å². The molecule has 2 atom stereocenters. The van der Waals surface area contributed by atoms with Crippen LogP contribution >= 0.6 is 0 Å². The number of nitrogens with zero attached hydrogens (tertiary/aromatic N) is 2. The molecule has 1 heterocycles. The van der Waals surface area contributed by atoms with Crippen molar-refractivity contribution in [3.63, 3.8) is 0 Å². The van der Waals surface area contributed by atoms with Gasteiger partial charge in [-0.1, -0.05) is 19.1 Å². The van der Waals surface area contributed by atoms with Crippen molar-refractivity contribution < 1.29 is 4.74 Å². The van der Waals surface area contributed by atoms with Crippen LogP contribution in [0, 0.1) is 0 Å². The molecule has 0 radical (unpaired) electrons. The van der Waals surface area contributed by atoms with Gasteiger partial charge in [-0.15, -0.1) is 0 Å². The normalized spacial score (nSPS) is 14.2. The molecule has 1 aromatic heterocycles. The van der Waals surface area contributed by atoms with E-state index in [1.54, 1.807) is 13.3 Å². The predicted molar refractivity (Wildman–Crippen MR) is 71.6 cm³/mol. The van der Waals surface area contributed by atoms with Gasteiger partial charge in [-0.05, 0) is 30.2 Å². The maximum absolute atomic E-state index is 6.22. The van der Waals surface area contributed by atoms with Gasteiger partial charge >= 0.3 is 0 Å². The third kappa shape index (κ3) is 2.54. The van der Waals surface area contributed by atoms with Crippen molar-refractivity contribution in [3.05, 3.63) is 48.3 Å². The number of hydrogen-bond acceptors (Lipinski definition) is 3. The molecule has 2 N–H and O–H groups in total. The second-order valence-corrected chi connectivity index (χ2v) is 4.28. The molecule has 0 fully saturated rings. The van der Waals surface area contributed by atoms with E-state index in [9.17, 15) is 0 Å². The zero-order valence-electron chi connectivity index (χ0n) is 10.8. The largest absolute Gasteiger partial charge is 0.497 e. The molecule has 2 rings (SSSR count). The van der Waals surface area contributed by atoms with Crippen LogP contribution in [0.25, 0.3) is 0 Å². The molecule has 2 unspecified atom stereocenters. The summed E-state index contributed by atoms with van der Waals surface area (Å²) in [5.41, 5.74) is 7.37. The number of benzene rings is 1. The summed E-state index contributed by atoms with van der Waals surface area (Å²) in [7, 11) is 1.66. The Kier molecular flexibility index (Phi) is 3.99. The van der Waals surface area contributed by atoms with Crippen LogP contribution in [0.1, 0.15) is 24.9 Å². The molecular weight excluding hydrogens is 226 g/mol. The van der Waals surface area contributed by atoms with Crippen molar-refractivity contribution in [3.8, 4) is 5.75 Å². The zero-order valence-corrected chi connectivity index (χ0v) is 10.8. The highest BCUT2D eigenvalue weighted by Crippen LogP contribution is 2.24. The van der Waals surface area contributed by atoms with Crippen molar-refractivity contribution in [2.24, 2.45) is 5.73 Å². The summed E-state index contributed by atoms with van der Waals surface area (Å²) in [4.78, 5) is 0. The molecule has 96 valence electrons. The summed E-state index contributed by atoms with van der Waals surface area (Å²) in [6, 6.07) is 10.0. The fourth-order valence-electron chi connectivity index (χ4n) is 2.07. The highest BCUT2D eigenvalue weighted by Gasteiger charge is 2.20. The summed E-state index contributed by atoms with van der Waals surface area (Å²) < 4.78 is 7.09. The molecule has 0 aliphatic carbocycles. The molecule has 18 heavy (non-hydrogen) atoms. The lowest BCUT2D eigenvalue weighted by Crippen LogP contribution is -2.32. The van der Waals surface area contributed by atoms with Crippen molar-refractivity contribution in [2.45, 2.75) is 25.4 Å². The number of aromatic nitrogens is 2. The third-order valence-electron chi connectivity index (χ3n) is 3.14. The highest BCUT2D eigenvalue weighted by molar-refractivity contribution is 5.30. The van der Waals surface area contributed by atoms with Crippen LogP contribution in [-0.2, 0) is 0 Å². The van der Waals surface area contributed by atoms with Gasteiger partial charge in [-0.3, -0.25) is 4.68 Å². The third-order valence-corrected chi connectivity index (χ3v) is 3.14. The average molecular weight is 245 g/mol. The molecular formula is C14H19N3O. The van der Waals surface area contributed by atoms with Crippen LogP contribution in [0.2, 0.25) is 0 Å². The van der Waals surface area contributed by atoms with Crippen LogP contribution < -0.4 is 10.5 Å². The first-order valence-electron chi connectivity index (χ1n) is 6.15. The van der Waals surface area contributed by atoms with Crippen LogP contribution in [0.4, 0.5) is 0 Å². The van der Waals surface area contributed by atoms with Crippen LogP contribution in [-0.4, -0.2) is 22.9 Å². The fourth-order valence-corrected chi connectivity index (χ4v) is 2.07. The van der Waals surface area contributed by atoms with Crippen LogP contribution in [0.5, 0.6) is 5.75 Å². The molecule has 2 aromatic rings. The SMILES string of the molecule is CCC(N)C(c1ccc(OC)cc1)n1cccn1. The lowest BCUT2D eigenvalue weighted by atomic mass is 9.98. The van der Waals surface area contributed by atoms with Gasteiger partial charge in [-0.2, -0.15) is 5.10 Å².